The normalized spacial score (nSPS) is 10.4. The Balaban J connectivity index is 2.06. The first-order valence-electron chi connectivity index (χ1n) is 10.0. The number of nitrogens with one attached hydrogen (secondary N) is 1. The Hall–Kier alpha value is -4.41. The molecule has 0 aliphatic heterocycles. The number of hydrogen-bond acceptors (Lipinski definition) is 8. The summed E-state index contributed by atoms with van der Waals surface area (Å²) >= 11 is 0. The minimum absolute atomic E-state index is 0.0381. The molecule has 10 nitrogen and oxygen atoms in total. The van der Waals surface area contributed by atoms with Crippen molar-refractivity contribution >= 4 is 17.6 Å². The summed E-state index contributed by atoms with van der Waals surface area (Å²) in [7, 11) is 4.22. The molecule has 0 atom stereocenters. The molecule has 178 valence electrons. The molecule has 0 aliphatic rings. The number of halogens is 1. The Labute approximate surface area is 193 Å². The van der Waals surface area contributed by atoms with Gasteiger partial charge in [-0.25, -0.2) is 9.18 Å². The van der Waals surface area contributed by atoms with Crippen LogP contribution in [0.2, 0.25) is 0 Å². The van der Waals surface area contributed by atoms with E-state index in [9.17, 15) is 18.8 Å². The number of ether oxygens (including phenoxy) is 4. The maximum absolute atomic E-state index is 13.3. The summed E-state index contributed by atoms with van der Waals surface area (Å²) < 4.78 is 35.0. The third kappa shape index (κ3) is 4.98. The van der Waals surface area contributed by atoms with Crippen LogP contribution in [0.4, 0.5) is 10.1 Å². The zero-order chi connectivity index (χ0) is 24.8. The van der Waals surface area contributed by atoms with E-state index in [1.54, 1.807) is 6.92 Å². The predicted molar refractivity (Wildman–Crippen MR) is 120 cm³/mol. The average Bonchev–Trinajstić information content (AvgIpc) is 2.83. The highest BCUT2D eigenvalue weighted by molar-refractivity contribution is 6.08. The van der Waals surface area contributed by atoms with E-state index in [1.807, 2.05) is 0 Å². The monoisotopic (exact) mass is 471 g/mol. The smallest absolute Gasteiger partial charge is 0.360 e. The number of benzene rings is 2. The molecule has 2 aromatic carbocycles. The van der Waals surface area contributed by atoms with Gasteiger partial charge in [0.1, 0.15) is 5.82 Å². The minimum atomic E-state index is -0.862. The molecule has 11 heteroatoms. The minimum Gasteiger partial charge on any atom is -0.493 e. The summed E-state index contributed by atoms with van der Waals surface area (Å²) in [5, 5.41) is 6.56. The number of carbonyl (C=O) groups excluding carboxylic acids is 2. The van der Waals surface area contributed by atoms with Gasteiger partial charge in [0.05, 0.1) is 39.3 Å². The van der Waals surface area contributed by atoms with Gasteiger partial charge >= 0.3 is 5.97 Å². The molecule has 0 unspecified atom stereocenters. The molecule has 0 saturated carbocycles. The van der Waals surface area contributed by atoms with Crippen LogP contribution in [0.15, 0.2) is 47.3 Å². The first kappa shape index (κ1) is 24.2. The van der Waals surface area contributed by atoms with E-state index < -0.39 is 23.3 Å². The van der Waals surface area contributed by atoms with Crippen molar-refractivity contribution in [1.82, 2.24) is 9.78 Å². The van der Waals surface area contributed by atoms with Crippen LogP contribution < -0.4 is 25.1 Å². The zero-order valence-corrected chi connectivity index (χ0v) is 18.9. The topological polar surface area (TPSA) is 118 Å². The van der Waals surface area contributed by atoms with E-state index in [0.717, 1.165) is 22.9 Å². The van der Waals surface area contributed by atoms with Crippen molar-refractivity contribution in [3.63, 3.8) is 0 Å². The van der Waals surface area contributed by atoms with Gasteiger partial charge in [0, 0.05) is 11.6 Å². The molecule has 1 heterocycles. The van der Waals surface area contributed by atoms with E-state index in [4.69, 9.17) is 18.9 Å². The average molecular weight is 471 g/mol. The molecule has 1 aromatic heterocycles. The fraction of sp³-hybridized carbons (Fsp3) is 0.217. The Morgan fingerprint density at radius 2 is 1.62 bits per heavy atom. The van der Waals surface area contributed by atoms with Gasteiger partial charge in [-0.3, -0.25) is 9.59 Å². The van der Waals surface area contributed by atoms with Crippen molar-refractivity contribution in [3.05, 3.63) is 69.9 Å². The molecule has 0 radical (unpaired) electrons. The second kappa shape index (κ2) is 10.5. The zero-order valence-electron chi connectivity index (χ0n) is 18.9. The van der Waals surface area contributed by atoms with Crippen LogP contribution in [0.1, 0.15) is 27.8 Å². The highest BCUT2D eigenvalue weighted by Gasteiger charge is 2.22. The van der Waals surface area contributed by atoms with Gasteiger partial charge in [0.2, 0.25) is 5.75 Å². The van der Waals surface area contributed by atoms with Crippen LogP contribution in [0.3, 0.4) is 0 Å². The van der Waals surface area contributed by atoms with Crippen molar-refractivity contribution in [2.75, 3.05) is 33.3 Å². The number of amides is 1. The highest BCUT2D eigenvalue weighted by atomic mass is 19.1. The third-order valence-corrected chi connectivity index (χ3v) is 4.65. The summed E-state index contributed by atoms with van der Waals surface area (Å²) in [5.74, 6) is -1.28. The van der Waals surface area contributed by atoms with Crippen LogP contribution in [0, 0.1) is 5.82 Å². The number of rotatable bonds is 8. The number of aromatic nitrogens is 2. The molecule has 0 aliphatic carbocycles. The van der Waals surface area contributed by atoms with Crippen LogP contribution in [-0.2, 0) is 4.74 Å². The van der Waals surface area contributed by atoms with Crippen molar-refractivity contribution < 1.29 is 32.9 Å². The molecule has 3 rings (SSSR count). The molecule has 0 fully saturated rings. The lowest BCUT2D eigenvalue weighted by atomic mass is 10.1. The van der Waals surface area contributed by atoms with Crippen LogP contribution in [-0.4, -0.2) is 49.6 Å². The predicted octanol–water partition coefficient (Wildman–Crippen LogP) is 2.83. The van der Waals surface area contributed by atoms with Gasteiger partial charge in [0.25, 0.3) is 11.5 Å². The molecule has 1 N–H and O–H groups in total. The lowest BCUT2D eigenvalue weighted by molar-refractivity contribution is 0.0518. The highest BCUT2D eigenvalue weighted by Crippen LogP contribution is 2.38. The number of methoxy groups -OCH3 is 3. The summed E-state index contributed by atoms with van der Waals surface area (Å²) in [6.07, 6.45) is 0. The summed E-state index contributed by atoms with van der Waals surface area (Å²) in [6, 6.07) is 8.79. The van der Waals surface area contributed by atoms with Gasteiger partial charge in [-0.2, -0.15) is 9.78 Å². The first-order valence-corrected chi connectivity index (χ1v) is 10.0. The van der Waals surface area contributed by atoms with Crippen LogP contribution in [0.5, 0.6) is 17.2 Å². The number of esters is 1. The fourth-order valence-corrected chi connectivity index (χ4v) is 3.08. The lowest BCUT2D eigenvalue weighted by Crippen LogP contribution is -2.27. The van der Waals surface area contributed by atoms with Crippen molar-refractivity contribution in [3.8, 4) is 22.9 Å². The summed E-state index contributed by atoms with van der Waals surface area (Å²) in [6.45, 7) is 1.64. The molecule has 0 saturated heterocycles. The van der Waals surface area contributed by atoms with Gasteiger partial charge < -0.3 is 24.3 Å². The molecule has 0 bridgehead atoms. The molecule has 1 amide bonds. The Kier molecular flexibility index (Phi) is 7.46. The second-order valence-corrected chi connectivity index (χ2v) is 6.72. The van der Waals surface area contributed by atoms with E-state index in [0.29, 0.717) is 0 Å². The maximum Gasteiger partial charge on any atom is 0.360 e. The van der Waals surface area contributed by atoms with Gasteiger partial charge in [-0.15, -0.1) is 0 Å². The van der Waals surface area contributed by atoms with E-state index >= 15 is 0 Å². The van der Waals surface area contributed by atoms with Crippen molar-refractivity contribution in [1.29, 1.82) is 0 Å². The van der Waals surface area contributed by atoms with Crippen LogP contribution >= 0.6 is 0 Å². The van der Waals surface area contributed by atoms with Gasteiger partial charge in [-0.1, -0.05) is 0 Å². The van der Waals surface area contributed by atoms with E-state index in [-0.39, 0.29) is 46.5 Å². The van der Waals surface area contributed by atoms with Crippen molar-refractivity contribution in [2.24, 2.45) is 0 Å². The second-order valence-electron chi connectivity index (χ2n) is 6.72. The SMILES string of the molecule is CCOC(=O)c1nn(-c2ccc(F)cc2)c(=O)cc1NC(=O)c1cc(OC)c(OC)c(OC)c1. The molecule has 34 heavy (non-hydrogen) atoms. The first-order chi connectivity index (χ1) is 16.3. The Morgan fingerprint density at radius 1 is 1.00 bits per heavy atom. The van der Waals surface area contributed by atoms with E-state index in [1.165, 1.54) is 45.6 Å². The van der Waals surface area contributed by atoms with Crippen molar-refractivity contribution in [2.45, 2.75) is 6.92 Å². The standard InChI is InChI=1S/C23H22FN3O7/c1-5-34-23(30)20-16(12-19(28)27(26-20)15-8-6-14(24)7-9-15)25-22(29)13-10-17(31-2)21(33-4)18(11-13)32-3/h6-12H,5H2,1-4H3,(H,25,29). The molecular weight excluding hydrogens is 449 g/mol. The Morgan fingerprint density at radius 3 is 2.15 bits per heavy atom. The number of carbonyl (C=O) groups is 2. The molecular formula is C23H22FN3O7. The van der Waals surface area contributed by atoms with Gasteiger partial charge in [0.15, 0.2) is 17.2 Å². The number of nitrogens with zero attached hydrogens (tertiary/aromatic N) is 2. The maximum atomic E-state index is 13.3. The lowest BCUT2D eigenvalue weighted by Gasteiger charge is -2.15. The molecule has 0 spiro atoms. The molecule has 3 aromatic rings. The number of anilines is 1. The Bertz CT molecular complexity index is 1250. The third-order valence-electron chi connectivity index (χ3n) is 4.65. The summed E-state index contributed by atoms with van der Waals surface area (Å²) in [5.41, 5.74) is -0.821. The fourth-order valence-electron chi connectivity index (χ4n) is 3.08. The largest absolute Gasteiger partial charge is 0.493 e. The van der Waals surface area contributed by atoms with Crippen LogP contribution in [0.25, 0.3) is 5.69 Å². The quantitative estimate of drug-likeness (QED) is 0.499. The number of hydrogen-bond donors (Lipinski definition) is 1. The summed E-state index contributed by atoms with van der Waals surface area (Å²) in [4.78, 5) is 38.2. The van der Waals surface area contributed by atoms with Gasteiger partial charge in [-0.05, 0) is 43.3 Å². The van der Waals surface area contributed by atoms with E-state index in [2.05, 4.69) is 10.4 Å².